The number of nitriles is 1. The molecular weight excluding hydrogens is 246 g/mol. The van der Waals surface area contributed by atoms with E-state index in [9.17, 15) is 9.59 Å². The molecule has 2 rings (SSSR count). The number of rotatable bonds is 3. The molecule has 19 heavy (non-hydrogen) atoms. The summed E-state index contributed by atoms with van der Waals surface area (Å²) in [4.78, 5) is 25.7. The first-order valence-corrected chi connectivity index (χ1v) is 5.80. The number of hydrogen-bond acceptors (Lipinski definition) is 4. The number of nitrogens with zero attached hydrogens (tertiary/aromatic N) is 3. The van der Waals surface area contributed by atoms with Gasteiger partial charge in [-0.25, -0.2) is 0 Å². The molecule has 0 saturated heterocycles. The van der Waals surface area contributed by atoms with Gasteiger partial charge >= 0.3 is 5.97 Å². The van der Waals surface area contributed by atoms with Gasteiger partial charge in [0.15, 0.2) is 0 Å². The van der Waals surface area contributed by atoms with Crippen LogP contribution in [0.1, 0.15) is 12.0 Å². The van der Waals surface area contributed by atoms with Crippen LogP contribution in [-0.4, -0.2) is 37.1 Å². The van der Waals surface area contributed by atoms with Crippen LogP contribution < -0.4 is 9.80 Å². The van der Waals surface area contributed by atoms with E-state index < -0.39 is 5.97 Å². The smallest absolute Gasteiger partial charge is 0.305 e. The minimum atomic E-state index is -0.913. The highest BCUT2D eigenvalue weighted by molar-refractivity contribution is 6.03. The van der Waals surface area contributed by atoms with Gasteiger partial charge in [0, 0.05) is 13.6 Å². The zero-order valence-electron chi connectivity index (χ0n) is 10.5. The topological polar surface area (TPSA) is 84.6 Å². The van der Waals surface area contributed by atoms with Crippen molar-refractivity contribution < 1.29 is 14.7 Å². The van der Waals surface area contributed by atoms with Crippen LogP contribution in [0.15, 0.2) is 18.2 Å². The highest BCUT2D eigenvalue weighted by Gasteiger charge is 2.27. The second kappa shape index (κ2) is 4.98. The van der Waals surface area contributed by atoms with Crippen LogP contribution in [0, 0.1) is 11.3 Å². The Hall–Kier alpha value is -2.55. The van der Waals surface area contributed by atoms with E-state index in [0.717, 1.165) is 5.69 Å². The fraction of sp³-hybridized carbons (Fsp3) is 0.308. The molecule has 6 nitrogen and oxygen atoms in total. The number of amides is 1. The number of carboxylic acids is 1. The summed E-state index contributed by atoms with van der Waals surface area (Å²) in [5.74, 6) is -1.01. The molecule has 0 fully saturated rings. The Kier molecular flexibility index (Phi) is 3.38. The molecule has 1 amide bonds. The van der Waals surface area contributed by atoms with Gasteiger partial charge in [0.25, 0.3) is 0 Å². The van der Waals surface area contributed by atoms with Gasteiger partial charge in [-0.2, -0.15) is 5.26 Å². The molecule has 6 heteroatoms. The van der Waals surface area contributed by atoms with Crippen LogP contribution in [0.2, 0.25) is 0 Å². The first-order valence-electron chi connectivity index (χ1n) is 5.80. The molecule has 1 N–H and O–H groups in total. The minimum absolute atomic E-state index is 0.0484. The highest BCUT2D eigenvalue weighted by Crippen LogP contribution is 2.33. The van der Waals surface area contributed by atoms with Crippen LogP contribution in [0.3, 0.4) is 0 Å². The summed E-state index contributed by atoms with van der Waals surface area (Å²) in [7, 11) is 1.67. The predicted molar refractivity (Wildman–Crippen MR) is 69.0 cm³/mol. The Morgan fingerprint density at radius 3 is 2.84 bits per heavy atom. The third kappa shape index (κ3) is 2.50. The largest absolute Gasteiger partial charge is 0.481 e. The maximum absolute atomic E-state index is 11.8. The lowest BCUT2D eigenvalue weighted by Gasteiger charge is -2.35. The van der Waals surface area contributed by atoms with Crippen molar-refractivity contribution in [3.8, 4) is 6.07 Å². The molecule has 1 heterocycles. The molecule has 0 aliphatic carbocycles. The van der Waals surface area contributed by atoms with Crippen LogP contribution in [0.25, 0.3) is 0 Å². The normalized spacial score (nSPS) is 14.0. The Balaban J connectivity index is 2.38. The van der Waals surface area contributed by atoms with Gasteiger partial charge in [0.2, 0.25) is 5.91 Å². The van der Waals surface area contributed by atoms with E-state index in [1.807, 2.05) is 6.07 Å². The molecule has 0 unspecified atom stereocenters. The van der Waals surface area contributed by atoms with Crippen molar-refractivity contribution >= 4 is 23.3 Å². The molecule has 0 radical (unpaired) electrons. The Morgan fingerprint density at radius 1 is 1.47 bits per heavy atom. The quantitative estimate of drug-likeness (QED) is 0.868. The van der Waals surface area contributed by atoms with Crippen molar-refractivity contribution in [3.63, 3.8) is 0 Å². The molecule has 0 bridgehead atoms. The molecule has 0 atom stereocenters. The number of carbonyl (C=O) groups is 2. The van der Waals surface area contributed by atoms with Gasteiger partial charge in [0.05, 0.1) is 36.0 Å². The number of carbonyl (C=O) groups excluding carboxylic acids is 1. The summed E-state index contributed by atoms with van der Waals surface area (Å²) >= 11 is 0. The van der Waals surface area contributed by atoms with Gasteiger partial charge in [-0.15, -0.1) is 0 Å². The number of hydrogen-bond donors (Lipinski definition) is 1. The van der Waals surface area contributed by atoms with Crippen LogP contribution in [0.5, 0.6) is 0 Å². The lowest BCUT2D eigenvalue weighted by molar-refractivity contribution is -0.136. The van der Waals surface area contributed by atoms with Crippen molar-refractivity contribution in [1.29, 1.82) is 5.26 Å². The second-order valence-corrected chi connectivity index (χ2v) is 4.33. The first-order chi connectivity index (χ1) is 9.02. The van der Waals surface area contributed by atoms with Gasteiger partial charge < -0.3 is 14.9 Å². The SMILES string of the molecule is CN1C(=O)CN(CCC(=O)O)c2cc(C#N)ccc21. The van der Waals surface area contributed by atoms with Crippen LogP contribution in [0.4, 0.5) is 11.4 Å². The summed E-state index contributed by atoms with van der Waals surface area (Å²) in [6, 6.07) is 7.07. The van der Waals surface area contributed by atoms with E-state index in [1.54, 1.807) is 30.1 Å². The Labute approximate surface area is 110 Å². The molecule has 0 saturated carbocycles. The van der Waals surface area contributed by atoms with E-state index in [2.05, 4.69) is 0 Å². The number of fused-ring (bicyclic) bond motifs is 1. The summed E-state index contributed by atoms with van der Waals surface area (Å²) in [5.41, 5.74) is 1.91. The summed E-state index contributed by atoms with van der Waals surface area (Å²) in [5, 5.41) is 17.7. The maximum atomic E-state index is 11.8. The summed E-state index contributed by atoms with van der Waals surface area (Å²) in [6.07, 6.45) is -0.0484. The molecule has 1 aliphatic rings. The molecule has 1 aliphatic heterocycles. The third-order valence-corrected chi connectivity index (χ3v) is 3.10. The van der Waals surface area contributed by atoms with Gasteiger partial charge in [-0.05, 0) is 18.2 Å². The zero-order valence-corrected chi connectivity index (χ0v) is 10.5. The molecule has 0 aromatic heterocycles. The van der Waals surface area contributed by atoms with E-state index >= 15 is 0 Å². The number of aliphatic carboxylic acids is 1. The minimum Gasteiger partial charge on any atom is -0.481 e. The molecule has 1 aromatic rings. The van der Waals surface area contributed by atoms with Crippen LogP contribution in [-0.2, 0) is 9.59 Å². The molecule has 98 valence electrons. The highest BCUT2D eigenvalue weighted by atomic mass is 16.4. The lowest BCUT2D eigenvalue weighted by atomic mass is 10.1. The number of benzene rings is 1. The van der Waals surface area contributed by atoms with Gasteiger partial charge in [-0.3, -0.25) is 9.59 Å². The van der Waals surface area contributed by atoms with E-state index in [-0.39, 0.29) is 25.4 Å². The monoisotopic (exact) mass is 259 g/mol. The molecule has 1 aromatic carbocycles. The molecular formula is C13H13N3O3. The standard InChI is InChI=1S/C13H13N3O3/c1-15-10-3-2-9(7-14)6-11(10)16(8-12(15)17)5-4-13(18)19/h2-3,6H,4-5,8H2,1H3,(H,18,19). The average molecular weight is 259 g/mol. The maximum Gasteiger partial charge on any atom is 0.305 e. The number of carboxylic acid groups (broad SMARTS) is 1. The Bertz CT molecular complexity index is 577. The van der Waals surface area contributed by atoms with Gasteiger partial charge in [-0.1, -0.05) is 0 Å². The van der Waals surface area contributed by atoms with Crippen molar-refractivity contribution in [1.82, 2.24) is 0 Å². The fourth-order valence-corrected chi connectivity index (χ4v) is 2.05. The van der Waals surface area contributed by atoms with E-state index in [1.165, 1.54) is 4.90 Å². The van der Waals surface area contributed by atoms with E-state index in [0.29, 0.717) is 11.3 Å². The molecule has 0 spiro atoms. The average Bonchev–Trinajstić information content (AvgIpc) is 2.40. The first kappa shape index (κ1) is 12.9. The van der Waals surface area contributed by atoms with Crippen molar-refractivity contribution in [2.45, 2.75) is 6.42 Å². The zero-order chi connectivity index (χ0) is 14.0. The second-order valence-electron chi connectivity index (χ2n) is 4.33. The van der Waals surface area contributed by atoms with E-state index in [4.69, 9.17) is 10.4 Å². The fourth-order valence-electron chi connectivity index (χ4n) is 2.05. The van der Waals surface area contributed by atoms with Gasteiger partial charge in [0.1, 0.15) is 0 Å². The number of likely N-dealkylation sites (N-methyl/N-ethyl adjacent to an activating group) is 1. The number of anilines is 2. The summed E-state index contributed by atoms with van der Waals surface area (Å²) < 4.78 is 0. The lowest BCUT2D eigenvalue weighted by Crippen LogP contribution is -2.44. The Morgan fingerprint density at radius 2 is 2.21 bits per heavy atom. The predicted octanol–water partition coefficient (Wildman–Crippen LogP) is 0.816. The van der Waals surface area contributed by atoms with Crippen molar-refractivity contribution in [2.24, 2.45) is 0 Å². The third-order valence-electron chi connectivity index (χ3n) is 3.10. The summed E-state index contributed by atoms with van der Waals surface area (Å²) in [6.45, 7) is 0.377. The van der Waals surface area contributed by atoms with Crippen molar-refractivity contribution in [2.75, 3.05) is 29.9 Å². The van der Waals surface area contributed by atoms with Crippen molar-refractivity contribution in [3.05, 3.63) is 23.8 Å². The van der Waals surface area contributed by atoms with Crippen LogP contribution >= 0.6 is 0 Å².